The van der Waals surface area contributed by atoms with Crippen LogP contribution in [0, 0.1) is 13.8 Å². The lowest BCUT2D eigenvalue weighted by Gasteiger charge is -2.10. The van der Waals surface area contributed by atoms with E-state index in [9.17, 15) is 4.79 Å². The maximum Gasteiger partial charge on any atom is 0.263 e. The van der Waals surface area contributed by atoms with Gasteiger partial charge in [-0.25, -0.2) is 9.97 Å². The summed E-state index contributed by atoms with van der Waals surface area (Å²) >= 11 is 1.41. The largest absolute Gasteiger partial charge is 0.342 e. The van der Waals surface area contributed by atoms with E-state index in [0.29, 0.717) is 4.88 Å². The number of nitrogens with zero attached hydrogens (tertiary/aromatic N) is 2. The van der Waals surface area contributed by atoms with Gasteiger partial charge in [0.2, 0.25) is 0 Å². The molecule has 0 radical (unpaired) electrons. The van der Waals surface area contributed by atoms with Crippen molar-refractivity contribution in [1.82, 2.24) is 20.3 Å². The number of amides is 1. The van der Waals surface area contributed by atoms with Gasteiger partial charge in [-0.05, 0) is 26.3 Å². The first kappa shape index (κ1) is 15.4. The summed E-state index contributed by atoms with van der Waals surface area (Å²) in [6.45, 7) is 5.66. The first-order chi connectivity index (χ1) is 11.0. The lowest BCUT2D eigenvalue weighted by molar-refractivity contribution is 0.0941. The van der Waals surface area contributed by atoms with Crippen LogP contribution in [0.1, 0.15) is 39.2 Å². The molecule has 0 aliphatic heterocycles. The minimum atomic E-state index is -0.207. The zero-order valence-electron chi connectivity index (χ0n) is 13.3. The van der Waals surface area contributed by atoms with Gasteiger partial charge in [0.15, 0.2) is 0 Å². The molecule has 23 heavy (non-hydrogen) atoms. The van der Waals surface area contributed by atoms with Gasteiger partial charge in [0.25, 0.3) is 5.91 Å². The highest BCUT2D eigenvalue weighted by Gasteiger charge is 2.18. The first-order valence-electron chi connectivity index (χ1n) is 7.40. The van der Waals surface area contributed by atoms with Crippen molar-refractivity contribution in [2.75, 3.05) is 0 Å². The second-order valence-corrected chi connectivity index (χ2v) is 6.59. The van der Waals surface area contributed by atoms with E-state index in [1.165, 1.54) is 11.3 Å². The topological polar surface area (TPSA) is 70.7 Å². The van der Waals surface area contributed by atoms with Gasteiger partial charge < -0.3 is 10.3 Å². The van der Waals surface area contributed by atoms with Crippen LogP contribution < -0.4 is 5.32 Å². The van der Waals surface area contributed by atoms with Gasteiger partial charge in [-0.2, -0.15) is 0 Å². The number of thiazole rings is 1. The number of hydrogen-bond donors (Lipinski definition) is 2. The number of imidazole rings is 1. The van der Waals surface area contributed by atoms with Crippen molar-refractivity contribution in [2.24, 2.45) is 0 Å². The molecule has 1 atom stereocenters. The molecule has 1 aromatic carbocycles. The number of aryl methyl sites for hydroxylation is 2. The molecule has 2 aromatic heterocycles. The summed E-state index contributed by atoms with van der Waals surface area (Å²) < 4.78 is 0. The summed E-state index contributed by atoms with van der Waals surface area (Å²) in [4.78, 5) is 25.0. The number of H-pyrrole nitrogens is 1. The molecule has 0 saturated heterocycles. The zero-order chi connectivity index (χ0) is 16.4. The SMILES string of the molecule is Cc1nc(C)c(C(=O)N[C@@H](C)c2ncc(-c3ccccc3)[nH]2)s1. The van der Waals surface area contributed by atoms with Crippen molar-refractivity contribution in [2.45, 2.75) is 26.8 Å². The monoisotopic (exact) mass is 326 g/mol. The van der Waals surface area contributed by atoms with E-state index >= 15 is 0 Å². The average Bonchev–Trinajstić information content (AvgIpc) is 3.15. The van der Waals surface area contributed by atoms with E-state index in [0.717, 1.165) is 27.8 Å². The molecule has 118 valence electrons. The number of aromatic amines is 1. The van der Waals surface area contributed by atoms with Crippen LogP contribution in [0.4, 0.5) is 0 Å². The summed E-state index contributed by atoms with van der Waals surface area (Å²) in [7, 11) is 0. The van der Waals surface area contributed by atoms with Gasteiger partial charge in [-0.3, -0.25) is 4.79 Å². The van der Waals surface area contributed by atoms with Crippen LogP contribution in [-0.2, 0) is 0 Å². The molecule has 5 nitrogen and oxygen atoms in total. The number of rotatable bonds is 4. The van der Waals surface area contributed by atoms with Crippen molar-refractivity contribution in [3.63, 3.8) is 0 Å². The maximum atomic E-state index is 12.4. The molecule has 6 heteroatoms. The Kier molecular flexibility index (Phi) is 4.25. The van der Waals surface area contributed by atoms with Gasteiger partial charge in [0.1, 0.15) is 10.7 Å². The van der Waals surface area contributed by atoms with Crippen LogP contribution in [0.2, 0.25) is 0 Å². The third-order valence-electron chi connectivity index (χ3n) is 3.55. The highest BCUT2D eigenvalue weighted by molar-refractivity contribution is 7.13. The Morgan fingerprint density at radius 2 is 2.00 bits per heavy atom. The van der Waals surface area contributed by atoms with Gasteiger partial charge in [-0.15, -0.1) is 11.3 Å². The fraction of sp³-hybridized carbons (Fsp3) is 0.235. The van der Waals surface area contributed by atoms with Gasteiger partial charge in [0.05, 0.1) is 28.6 Å². The van der Waals surface area contributed by atoms with Gasteiger partial charge in [0, 0.05) is 0 Å². The maximum absolute atomic E-state index is 12.4. The van der Waals surface area contributed by atoms with Gasteiger partial charge in [-0.1, -0.05) is 30.3 Å². The quantitative estimate of drug-likeness (QED) is 0.769. The molecule has 0 fully saturated rings. The Bertz CT molecular complexity index is 822. The lowest BCUT2D eigenvalue weighted by Crippen LogP contribution is -2.27. The molecule has 3 aromatic rings. The van der Waals surface area contributed by atoms with E-state index in [-0.39, 0.29) is 11.9 Å². The smallest absolute Gasteiger partial charge is 0.263 e. The van der Waals surface area contributed by atoms with Crippen LogP contribution in [0.3, 0.4) is 0 Å². The fourth-order valence-electron chi connectivity index (χ4n) is 2.39. The molecule has 2 N–H and O–H groups in total. The summed E-state index contributed by atoms with van der Waals surface area (Å²) in [6, 6.07) is 9.77. The molecular formula is C17H18N4OS. The van der Waals surface area contributed by atoms with Crippen molar-refractivity contribution in [3.8, 4) is 11.3 Å². The highest BCUT2D eigenvalue weighted by Crippen LogP contribution is 2.21. The molecule has 0 aliphatic rings. The van der Waals surface area contributed by atoms with E-state index in [2.05, 4.69) is 20.3 Å². The molecule has 0 spiro atoms. The number of carbonyl (C=O) groups is 1. The molecule has 3 rings (SSSR count). The number of carbonyl (C=O) groups excluding carboxylic acids is 1. The Labute approximate surface area is 138 Å². The fourth-order valence-corrected chi connectivity index (χ4v) is 3.22. The standard InChI is InChI=1S/C17H18N4OS/c1-10-15(23-12(3)19-10)17(22)20-11(2)16-18-9-14(21-16)13-7-5-4-6-8-13/h4-9,11H,1-3H3,(H,18,21)(H,20,22)/t11-/m0/s1. The minimum absolute atomic E-state index is 0.113. The molecule has 0 bridgehead atoms. The van der Waals surface area contributed by atoms with Crippen LogP contribution in [0.5, 0.6) is 0 Å². The van der Waals surface area contributed by atoms with Crippen molar-refractivity contribution in [1.29, 1.82) is 0 Å². The number of nitrogens with one attached hydrogen (secondary N) is 2. The van der Waals surface area contributed by atoms with E-state index in [1.54, 1.807) is 6.20 Å². The Balaban J connectivity index is 1.74. The van der Waals surface area contributed by atoms with Crippen molar-refractivity contribution >= 4 is 17.2 Å². The highest BCUT2D eigenvalue weighted by atomic mass is 32.1. The van der Waals surface area contributed by atoms with Crippen LogP contribution in [0.25, 0.3) is 11.3 Å². The van der Waals surface area contributed by atoms with Crippen molar-refractivity contribution in [3.05, 3.63) is 57.9 Å². The van der Waals surface area contributed by atoms with Crippen LogP contribution >= 0.6 is 11.3 Å². The van der Waals surface area contributed by atoms with Crippen molar-refractivity contribution < 1.29 is 4.79 Å². The Hall–Kier alpha value is -2.47. The molecule has 2 heterocycles. The normalized spacial score (nSPS) is 12.1. The third kappa shape index (κ3) is 3.32. The number of benzene rings is 1. The zero-order valence-corrected chi connectivity index (χ0v) is 14.1. The average molecular weight is 326 g/mol. The molecule has 0 aliphatic carbocycles. The molecular weight excluding hydrogens is 308 g/mol. The minimum Gasteiger partial charge on any atom is -0.342 e. The predicted molar refractivity (Wildman–Crippen MR) is 91.5 cm³/mol. The van der Waals surface area contributed by atoms with Crippen LogP contribution in [-0.4, -0.2) is 20.9 Å². The summed E-state index contributed by atoms with van der Waals surface area (Å²) in [5.41, 5.74) is 2.77. The van der Waals surface area contributed by atoms with Crippen LogP contribution in [0.15, 0.2) is 36.5 Å². The van der Waals surface area contributed by atoms with E-state index in [1.807, 2.05) is 51.1 Å². The molecule has 0 unspecified atom stereocenters. The summed E-state index contributed by atoms with van der Waals surface area (Å²) in [5, 5.41) is 3.86. The molecule has 0 saturated carbocycles. The second-order valence-electron chi connectivity index (χ2n) is 5.39. The third-order valence-corrected chi connectivity index (χ3v) is 4.62. The summed E-state index contributed by atoms with van der Waals surface area (Å²) in [5.74, 6) is 0.620. The van der Waals surface area contributed by atoms with Gasteiger partial charge >= 0.3 is 0 Å². The predicted octanol–water partition coefficient (Wildman–Crippen LogP) is 3.64. The second kappa shape index (κ2) is 6.34. The van der Waals surface area contributed by atoms with E-state index in [4.69, 9.17) is 0 Å². The Morgan fingerprint density at radius 1 is 1.26 bits per heavy atom. The first-order valence-corrected chi connectivity index (χ1v) is 8.21. The Morgan fingerprint density at radius 3 is 2.65 bits per heavy atom. The summed E-state index contributed by atoms with van der Waals surface area (Å²) in [6.07, 6.45) is 1.79. The number of aromatic nitrogens is 3. The van der Waals surface area contributed by atoms with E-state index < -0.39 is 0 Å². The number of hydrogen-bond acceptors (Lipinski definition) is 4. The lowest BCUT2D eigenvalue weighted by atomic mass is 10.2. The molecule has 1 amide bonds.